The average Bonchev–Trinajstić information content (AvgIpc) is 2.48. The van der Waals surface area contributed by atoms with Crippen molar-refractivity contribution >= 4 is 18.3 Å². The predicted octanol–water partition coefficient (Wildman–Crippen LogP) is 2.44. The van der Waals surface area contributed by atoms with Crippen LogP contribution in [-0.4, -0.2) is 25.6 Å². The molecule has 1 fully saturated rings. The van der Waals surface area contributed by atoms with Gasteiger partial charge in [-0.2, -0.15) is 0 Å². The number of halogens is 1. The Bertz CT molecular complexity index is 416. The number of piperidine rings is 1. The van der Waals surface area contributed by atoms with Gasteiger partial charge < -0.3 is 15.4 Å². The Labute approximate surface area is 126 Å². The van der Waals surface area contributed by atoms with E-state index in [0.717, 1.165) is 37.1 Å². The van der Waals surface area contributed by atoms with Crippen molar-refractivity contribution in [3.8, 4) is 5.75 Å². The normalized spacial score (nSPS) is 19.6. The minimum Gasteiger partial charge on any atom is -0.497 e. The molecule has 1 aromatic carbocycles. The van der Waals surface area contributed by atoms with Crippen LogP contribution in [0.1, 0.15) is 37.8 Å². The summed E-state index contributed by atoms with van der Waals surface area (Å²) in [5.74, 6) is 0.930. The van der Waals surface area contributed by atoms with Crippen LogP contribution in [0.15, 0.2) is 24.3 Å². The summed E-state index contributed by atoms with van der Waals surface area (Å²) in [5, 5.41) is 6.32. The summed E-state index contributed by atoms with van der Waals surface area (Å²) in [5.41, 5.74) is 1.09. The number of hydrogen-bond donors (Lipinski definition) is 2. The van der Waals surface area contributed by atoms with Crippen LogP contribution >= 0.6 is 12.4 Å². The van der Waals surface area contributed by atoms with Gasteiger partial charge in [0.2, 0.25) is 5.91 Å². The molecule has 2 atom stereocenters. The summed E-state index contributed by atoms with van der Waals surface area (Å²) in [7, 11) is 1.65. The largest absolute Gasteiger partial charge is 0.497 e. The zero-order valence-electron chi connectivity index (χ0n) is 12.0. The van der Waals surface area contributed by atoms with Crippen LogP contribution in [0.3, 0.4) is 0 Å². The fourth-order valence-corrected chi connectivity index (χ4v) is 2.37. The predicted molar refractivity (Wildman–Crippen MR) is 82.4 cm³/mol. The number of ether oxygens (including phenoxy) is 1. The molecule has 0 saturated carbocycles. The van der Waals surface area contributed by atoms with Crippen molar-refractivity contribution in [2.24, 2.45) is 0 Å². The van der Waals surface area contributed by atoms with Gasteiger partial charge in [-0.25, -0.2) is 0 Å². The highest BCUT2D eigenvalue weighted by atomic mass is 35.5. The molecule has 0 spiro atoms. The lowest BCUT2D eigenvalue weighted by molar-refractivity contribution is -0.124. The number of amides is 1. The monoisotopic (exact) mass is 298 g/mol. The Balaban J connectivity index is 0.00000200. The number of benzene rings is 1. The summed E-state index contributed by atoms with van der Waals surface area (Å²) in [6.45, 7) is 2.94. The first-order valence-electron chi connectivity index (χ1n) is 6.88. The number of rotatable bonds is 4. The smallest absolute Gasteiger partial charge is 0.237 e. The lowest BCUT2D eigenvalue weighted by atomic mass is 10.0. The van der Waals surface area contributed by atoms with Crippen LogP contribution in [0.2, 0.25) is 0 Å². The summed E-state index contributed by atoms with van der Waals surface area (Å²) < 4.78 is 5.13. The van der Waals surface area contributed by atoms with E-state index in [1.54, 1.807) is 7.11 Å². The van der Waals surface area contributed by atoms with Gasteiger partial charge in [-0.3, -0.25) is 4.79 Å². The molecule has 2 unspecified atom stereocenters. The van der Waals surface area contributed by atoms with Crippen molar-refractivity contribution in [2.75, 3.05) is 13.7 Å². The maximum atomic E-state index is 12.1. The van der Waals surface area contributed by atoms with E-state index in [9.17, 15) is 4.79 Å². The molecule has 1 aromatic rings. The van der Waals surface area contributed by atoms with Gasteiger partial charge >= 0.3 is 0 Å². The van der Waals surface area contributed by atoms with Crippen LogP contribution in [-0.2, 0) is 4.79 Å². The third-order valence-electron chi connectivity index (χ3n) is 3.60. The van der Waals surface area contributed by atoms with Crippen molar-refractivity contribution in [1.29, 1.82) is 0 Å². The van der Waals surface area contributed by atoms with Gasteiger partial charge in [-0.05, 0) is 44.0 Å². The summed E-state index contributed by atoms with van der Waals surface area (Å²) >= 11 is 0. The second-order valence-corrected chi connectivity index (χ2v) is 5.01. The highest BCUT2D eigenvalue weighted by molar-refractivity contribution is 5.85. The Hall–Kier alpha value is -1.26. The fraction of sp³-hybridized carbons (Fsp3) is 0.533. The van der Waals surface area contributed by atoms with Gasteiger partial charge in [0.05, 0.1) is 19.2 Å². The molecule has 2 N–H and O–H groups in total. The topological polar surface area (TPSA) is 50.4 Å². The molecule has 0 bridgehead atoms. The number of carbonyl (C=O) groups is 1. The molecule has 0 aliphatic carbocycles. The molecule has 112 valence electrons. The highest BCUT2D eigenvalue weighted by Gasteiger charge is 2.21. The van der Waals surface area contributed by atoms with Gasteiger partial charge in [0.1, 0.15) is 5.75 Å². The van der Waals surface area contributed by atoms with E-state index in [0.29, 0.717) is 0 Å². The summed E-state index contributed by atoms with van der Waals surface area (Å²) in [4.78, 5) is 12.1. The second-order valence-electron chi connectivity index (χ2n) is 5.01. The number of methoxy groups -OCH3 is 1. The number of carbonyl (C=O) groups excluding carboxylic acids is 1. The van der Waals surface area contributed by atoms with E-state index >= 15 is 0 Å². The van der Waals surface area contributed by atoms with E-state index in [-0.39, 0.29) is 30.4 Å². The van der Waals surface area contributed by atoms with Crippen LogP contribution in [0.25, 0.3) is 0 Å². The Morgan fingerprint density at radius 1 is 1.35 bits per heavy atom. The quantitative estimate of drug-likeness (QED) is 0.897. The van der Waals surface area contributed by atoms with E-state index in [4.69, 9.17) is 4.74 Å². The molecule has 1 saturated heterocycles. The van der Waals surface area contributed by atoms with E-state index < -0.39 is 0 Å². The zero-order valence-corrected chi connectivity index (χ0v) is 12.8. The zero-order chi connectivity index (χ0) is 13.7. The first kappa shape index (κ1) is 16.8. The van der Waals surface area contributed by atoms with Crippen LogP contribution in [0, 0.1) is 0 Å². The molecular weight excluding hydrogens is 276 g/mol. The molecule has 1 aliphatic heterocycles. The molecule has 0 radical (unpaired) electrons. The highest BCUT2D eigenvalue weighted by Crippen LogP contribution is 2.17. The minimum atomic E-state index is -0.0329. The SMILES string of the molecule is COc1ccc(C(C)NC(=O)C2CCCCN2)cc1.Cl. The van der Waals surface area contributed by atoms with Crippen molar-refractivity contribution in [3.05, 3.63) is 29.8 Å². The maximum Gasteiger partial charge on any atom is 0.237 e. The third-order valence-corrected chi connectivity index (χ3v) is 3.60. The van der Waals surface area contributed by atoms with Gasteiger partial charge in [-0.1, -0.05) is 18.6 Å². The van der Waals surface area contributed by atoms with E-state index in [1.807, 2.05) is 31.2 Å². The molecule has 5 heteroatoms. The van der Waals surface area contributed by atoms with Crippen LogP contribution < -0.4 is 15.4 Å². The first-order valence-corrected chi connectivity index (χ1v) is 6.88. The average molecular weight is 299 g/mol. The van der Waals surface area contributed by atoms with Crippen molar-refractivity contribution < 1.29 is 9.53 Å². The number of hydrogen-bond acceptors (Lipinski definition) is 3. The molecule has 1 heterocycles. The molecule has 4 nitrogen and oxygen atoms in total. The van der Waals surface area contributed by atoms with E-state index in [1.165, 1.54) is 0 Å². The molecule has 1 amide bonds. The Morgan fingerprint density at radius 3 is 2.60 bits per heavy atom. The van der Waals surface area contributed by atoms with Gasteiger partial charge in [0, 0.05) is 0 Å². The van der Waals surface area contributed by atoms with Crippen LogP contribution in [0.4, 0.5) is 0 Å². The van der Waals surface area contributed by atoms with Gasteiger partial charge in [0.25, 0.3) is 0 Å². The molecule has 1 aliphatic rings. The first-order chi connectivity index (χ1) is 9.20. The summed E-state index contributed by atoms with van der Waals surface area (Å²) in [6, 6.07) is 7.78. The molecule has 2 rings (SSSR count). The second kappa shape index (κ2) is 8.12. The standard InChI is InChI=1S/C15H22N2O2.ClH/c1-11(12-6-8-13(19-2)9-7-12)17-15(18)14-5-3-4-10-16-14;/h6-9,11,14,16H,3-5,10H2,1-2H3,(H,17,18);1H. The molecule has 0 aromatic heterocycles. The Morgan fingerprint density at radius 2 is 2.05 bits per heavy atom. The lowest BCUT2D eigenvalue weighted by Gasteiger charge is -2.24. The Kier molecular flexibility index (Phi) is 6.82. The van der Waals surface area contributed by atoms with Crippen LogP contribution in [0.5, 0.6) is 5.75 Å². The molecule has 20 heavy (non-hydrogen) atoms. The lowest BCUT2D eigenvalue weighted by Crippen LogP contribution is -2.47. The fourth-order valence-electron chi connectivity index (χ4n) is 2.37. The number of nitrogens with one attached hydrogen (secondary N) is 2. The minimum absolute atomic E-state index is 0. The van der Waals surface area contributed by atoms with E-state index in [2.05, 4.69) is 10.6 Å². The van der Waals surface area contributed by atoms with Gasteiger partial charge in [-0.15, -0.1) is 12.4 Å². The maximum absolute atomic E-state index is 12.1. The van der Waals surface area contributed by atoms with Gasteiger partial charge in [0.15, 0.2) is 0 Å². The van der Waals surface area contributed by atoms with Crippen molar-refractivity contribution in [3.63, 3.8) is 0 Å². The summed E-state index contributed by atoms with van der Waals surface area (Å²) in [6.07, 6.45) is 3.22. The third kappa shape index (κ3) is 4.39. The van der Waals surface area contributed by atoms with Crippen molar-refractivity contribution in [2.45, 2.75) is 38.3 Å². The molecular formula is C15H23ClN2O2. The van der Waals surface area contributed by atoms with Crippen molar-refractivity contribution in [1.82, 2.24) is 10.6 Å².